The molecule has 14 heavy (non-hydrogen) atoms. The van der Waals surface area contributed by atoms with Crippen molar-refractivity contribution in [1.29, 1.82) is 0 Å². The van der Waals surface area contributed by atoms with Crippen molar-refractivity contribution in [3.05, 3.63) is 12.3 Å². The zero-order valence-corrected chi connectivity index (χ0v) is 6.76. The highest BCUT2D eigenvalue weighted by molar-refractivity contribution is 4.91. The molecule has 0 spiro atoms. The standard InChI is InChI=1S/C6H5F7O/c1-3(2)14-4(7,5(8,9)10)6(11,12)13/h1H2,2H3. The van der Waals surface area contributed by atoms with Crippen LogP contribution < -0.4 is 0 Å². The molecule has 0 aromatic heterocycles. The van der Waals surface area contributed by atoms with Crippen molar-refractivity contribution >= 4 is 0 Å². The fourth-order valence-electron chi connectivity index (χ4n) is 0.517. The summed E-state index contributed by atoms with van der Waals surface area (Å²) in [6, 6.07) is 0. The van der Waals surface area contributed by atoms with Gasteiger partial charge in [0.1, 0.15) is 0 Å². The van der Waals surface area contributed by atoms with E-state index in [1.165, 1.54) is 0 Å². The molecule has 0 rings (SSSR count). The van der Waals surface area contributed by atoms with E-state index in [-0.39, 0.29) is 0 Å². The molecule has 0 aliphatic rings. The first-order valence-electron chi connectivity index (χ1n) is 3.08. The summed E-state index contributed by atoms with van der Waals surface area (Å²) < 4.78 is 85.8. The monoisotopic (exact) mass is 226 g/mol. The lowest BCUT2D eigenvalue weighted by Gasteiger charge is -2.29. The van der Waals surface area contributed by atoms with E-state index in [0.29, 0.717) is 6.92 Å². The molecular formula is C6H5F7O. The third-order valence-electron chi connectivity index (χ3n) is 1.04. The summed E-state index contributed by atoms with van der Waals surface area (Å²) in [6.45, 7) is 3.28. The van der Waals surface area contributed by atoms with Crippen LogP contribution in [0.15, 0.2) is 12.3 Å². The van der Waals surface area contributed by atoms with Crippen LogP contribution in [0.2, 0.25) is 0 Å². The molecule has 0 aromatic rings. The third-order valence-corrected chi connectivity index (χ3v) is 1.04. The van der Waals surface area contributed by atoms with E-state index in [4.69, 9.17) is 0 Å². The van der Waals surface area contributed by atoms with Gasteiger partial charge in [-0.25, -0.2) is 0 Å². The molecule has 0 atom stereocenters. The van der Waals surface area contributed by atoms with E-state index in [0.717, 1.165) is 0 Å². The zero-order valence-electron chi connectivity index (χ0n) is 6.76. The molecule has 0 amide bonds. The lowest BCUT2D eigenvalue weighted by molar-refractivity contribution is -0.420. The predicted molar refractivity (Wildman–Crippen MR) is 31.8 cm³/mol. The van der Waals surface area contributed by atoms with Crippen LogP contribution in [0.25, 0.3) is 0 Å². The van der Waals surface area contributed by atoms with Crippen LogP contribution in [0.4, 0.5) is 30.7 Å². The van der Waals surface area contributed by atoms with Crippen molar-refractivity contribution in [1.82, 2.24) is 0 Å². The molecule has 0 aromatic carbocycles. The first-order valence-corrected chi connectivity index (χ1v) is 3.08. The van der Waals surface area contributed by atoms with E-state index < -0.39 is 24.0 Å². The van der Waals surface area contributed by atoms with E-state index >= 15 is 0 Å². The fraction of sp³-hybridized carbons (Fsp3) is 0.667. The second kappa shape index (κ2) is 3.32. The first-order chi connectivity index (χ1) is 5.92. The van der Waals surface area contributed by atoms with Crippen LogP contribution in [0.5, 0.6) is 0 Å². The quantitative estimate of drug-likeness (QED) is 0.518. The van der Waals surface area contributed by atoms with Gasteiger partial charge in [0.05, 0.1) is 5.76 Å². The highest BCUT2D eigenvalue weighted by atomic mass is 19.4. The van der Waals surface area contributed by atoms with E-state index in [9.17, 15) is 30.7 Å². The van der Waals surface area contributed by atoms with Crippen LogP contribution in [-0.2, 0) is 4.74 Å². The van der Waals surface area contributed by atoms with E-state index in [1.807, 2.05) is 0 Å². The van der Waals surface area contributed by atoms with Crippen molar-refractivity contribution in [2.45, 2.75) is 25.1 Å². The van der Waals surface area contributed by atoms with E-state index in [2.05, 4.69) is 11.3 Å². The Morgan fingerprint density at radius 3 is 1.29 bits per heavy atom. The normalized spacial score (nSPS) is 14.0. The van der Waals surface area contributed by atoms with Gasteiger partial charge in [-0.1, -0.05) is 6.58 Å². The Hall–Kier alpha value is -0.950. The highest BCUT2D eigenvalue weighted by Crippen LogP contribution is 2.47. The van der Waals surface area contributed by atoms with Gasteiger partial charge in [-0.3, -0.25) is 0 Å². The second-order valence-corrected chi connectivity index (χ2v) is 2.39. The van der Waals surface area contributed by atoms with Crippen LogP contribution in [0.1, 0.15) is 6.92 Å². The van der Waals surface area contributed by atoms with Gasteiger partial charge in [0, 0.05) is 0 Å². The molecule has 0 heterocycles. The maximum atomic E-state index is 12.5. The lowest BCUT2D eigenvalue weighted by Crippen LogP contribution is -2.54. The van der Waals surface area contributed by atoms with Crippen LogP contribution in [0.3, 0.4) is 0 Å². The van der Waals surface area contributed by atoms with Gasteiger partial charge in [-0.15, -0.1) is 0 Å². The maximum absolute atomic E-state index is 12.5. The van der Waals surface area contributed by atoms with Crippen molar-refractivity contribution in [3.63, 3.8) is 0 Å². The molecular weight excluding hydrogens is 221 g/mol. The highest BCUT2D eigenvalue weighted by Gasteiger charge is 2.75. The Kier molecular flexibility index (Phi) is 3.10. The summed E-state index contributed by atoms with van der Waals surface area (Å²) in [5.41, 5.74) is 0. The average molecular weight is 226 g/mol. The number of alkyl halides is 7. The van der Waals surface area contributed by atoms with Gasteiger partial charge >= 0.3 is 18.2 Å². The summed E-state index contributed by atoms with van der Waals surface area (Å²) >= 11 is 0. The largest absolute Gasteiger partial charge is 0.470 e. The van der Waals surface area contributed by atoms with Gasteiger partial charge in [0.15, 0.2) is 0 Å². The Labute approximate surface area is 74.1 Å². The lowest BCUT2D eigenvalue weighted by atomic mass is 10.3. The van der Waals surface area contributed by atoms with E-state index in [1.54, 1.807) is 0 Å². The molecule has 0 saturated heterocycles. The van der Waals surface area contributed by atoms with Gasteiger partial charge in [0.2, 0.25) is 0 Å². The molecule has 0 bridgehead atoms. The minimum Gasteiger partial charge on any atom is -0.449 e. The fourth-order valence-corrected chi connectivity index (χ4v) is 0.517. The predicted octanol–water partition coefficient (Wildman–Crippen LogP) is 3.33. The topological polar surface area (TPSA) is 9.23 Å². The van der Waals surface area contributed by atoms with Crippen molar-refractivity contribution in [2.24, 2.45) is 0 Å². The zero-order chi connectivity index (χ0) is 11.8. The van der Waals surface area contributed by atoms with Gasteiger partial charge < -0.3 is 4.74 Å². The number of hydrogen-bond acceptors (Lipinski definition) is 1. The summed E-state index contributed by atoms with van der Waals surface area (Å²) in [7, 11) is 0. The number of halogens is 7. The molecule has 0 radical (unpaired) electrons. The summed E-state index contributed by atoms with van der Waals surface area (Å²) in [5, 5.41) is 0. The molecule has 8 heteroatoms. The van der Waals surface area contributed by atoms with Gasteiger partial charge in [0.25, 0.3) is 0 Å². The molecule has 0 aliphatic carbocycles. The van der Waals surface area contributed by atoms with Crippen molar-refractivity contribution in [2.75, 3.05) is 0 Å². The van der Waals surface area contributed by atoms with Crippen molar-refractivity contribution < 1.29 is 35.5 Å². The molecule has 0 N–H and O–H groups in total. The van der Waals surface area contributed by atoms with Gasteiger partial charge in [-0.05, 0) is 6.92 Å². The minimum absolute atomic E-state index is 0.672. The van der Waals surface area contributed by atoms with Gasteiger partial charge in [-0.2, -0.15) is 30.7 Å². The molecule has 84 valence electrons. The second-order valence-electron chi connectivity index (χ2n) is 2.39. The SMILES string of the molecule is C=C(C)OC(F)(C(F)(F)F)C(F)(F)F. The summed E-state index contributed by atoms with van der Waals surface area (Å²) in [5.74, 6) is -6.73. The van der Waals surface area contributed by atoms with Crippen LogP contribution in [-0.4, -0.2) is 18.2 Å². The third kappa shape index (κ3) is 2.30. The summed E-state index contributed by atoms with van der Waals surface area (Å²) in [6.07, 6.45) is -12.4. The molecule has 0 unspecified atom stereocenters. The summed E-state index contributed by atoms with van der Waals surface area (Å²) in [4.78, 5) is 0. The molecule has 0 aliphatic heterocycles. The number of hydrogen-bond donors (Lipinski definition) is 0. The molecule has 0 fully saturated rings. The molecule has 0 saturated carbocycles. The number of ether oxygens (including phenoxy) is 1. The smallest absolute Gasteiger partial charge is 0.449 e. The Morgan fingerprint density at radius 2 is 1.21 bits per heavy atom. The average Bonchev–Trinajstić information content (AvgIpc) is 1.79. The first kappa shape index (κ1) is 13.0. The Bertz CT molecular complexity index is 211. The number of rotatable bonds is 2. The van der Waals surface area contributed by atoms with Crippen LogP contribution in [0, 0.1) is 0 Å². The van der Waals surface area contributed by atoms with Crippen LogP contribution >= 0.6 is 0 Å². The molecule has 1 nitrogen and oxygen atoms in total. The Balaban J connectivity index is 5.18. The Morgan fingerprint density at radius 1 is 0.929 bits per heavy atom. The maximum Gasteiger partial charge on any atom is 0.470 e. The minimum atomic E-state index is -6.20. The number of allylic oxidation sites excluding steroid dienone is 1. The van der Waals surface area contributed by atoms with Crippen molar-refractivity contribution in [3.8, 4) is 0 Å².